The fourth-order valence-corrected chi connectivity index (χ4v) is 1.17. The first kappa shape index (κ1) is 11.8. The number of benzene rings is 1. The molecule has 0 unspecified atom stereocenters. The van der Waals surface area contributed by atoms with Crippen LogP contribution in [0.25, 0.3) is 0 Å². The predicted octanol–water partition coefficient (Wildman–Crippen LogP) is 0.625. The molecule has 0 saturated carbocycles. The van der Waals surface area contributed by atoms with Gasteiger partial charge in [0.25, 0.3) is 5.56 Å². The van der Waals surface area contributed by atoms with E-state index in [0.29, 0.717) is 5.69 Å². The van der Waals surface area contributed by atoms with E-state index in [0.717, 1.165) is 5.56 Å². The Balaban J connectivity index is 2.04. The Bertz CT molecular complexity index is 618. The number of hydrogen-bond acceptors (Lipinski definition) is 6. The summed E-state index contributed by atoms with van der Waals surface area (Å²) in [5, 5.41) is 20.3. The van der Waals surface area contributed by atoms with Gasteiger partial charge in [-0.2, -0.15) is 5.10 Å². The second kappa shape index (κ2) is 5.09. The maximum atomic E-state index is 11.2. The summed E-state index contributed by atoms with van der Waals surface area (Å²) in [7, 11) is 0. The van der Waals surface area contributed by atoms with Gasteiger partial charge in [-0.3, -0.25) is 9.78 Å². The van der Waals surface area contributed by atoms with E-state index in [-0.39, 0.29) is 17.3 Å². The molecule has 0 saturated heterocycles. The largest absolute Gasteiger partial charge is 0.508 e. The van der Waals surface area contributed by atoms with Crippen LogP contribution in [0.1, 0.15) is 11.3 Å². The molecule has 92 valence electrons. The lowest BCUT2D eigenvalue weighted by molar-refractivity contribution is 0.475. The number of phenols is 1. The van der Waals surface area contributed by atoms with Gasteiger partial charge in [-0.25, -0.2) is 5.43 Å². The van der Waals surface area contributed by atoms with Gasteiger partial charge in [0.15, 0.2) is 0 Å². The number of hydrazone groups is 1. The SMILES string of the molecule is Cc1nnc(NN=Cc2ccc(O)cc2)[nH]c1=O. The van der Waals surface area contributed by atoms with Crippen molar-refractivity contribution in [1.82, 2.24) is 15.2 Å². The van der Waals surface area contributed by atoms with Gasteiger partial charge in [-0.1, -0.05) is 0 Å². The van der Waals surface area contributed by atoms with E-state index >= 15 is 0 Å². The van der Waals surface area contributed by atoms with Crippen molar-refractivity contribution >= 4 is 12.2 Å². The summed E-state index contributed by atoms with van der Waals surface area (Å²) in [6.07, 6.45) is 1.53. The number of anilines is 1. The van der Waals surface area contributed by atoms with Crippen molar-refractivity contribution in [2.45, 2.75) is 6.92 Å². The maximum absolute atomic E-state index is 11.2. The van der Waals surface area contributed by atoms with Crippen molar-refractivity contribution in [3.05, 3.63) is 45.9 Å². The Morgan fingerprint density at radius 1 is 1.33 bits per heavy atom. The average molecular weight is 245 g/mol. The molecule has 0 aliphatic rings. The molecule has 0 radical (unpaired) electrons. The van der Waals surface area contributed by atoms with Gasteiger partial charge in [0, 0.05) is 0 Å². The molecule has 0 spiro atoms. The van der Waals surface area contributed by atoms with Gasteiger partial charge in [0.2, 0.25) is 5.95 Å². The zero-order valence-corrected chi connectivity index (χ0v) is 9.58. The molecule has 0 aliphatic heterocycles. The van der Waals surface area contributed by atoms with E-state index in [1.165, 1.54) is 6.21 Å². The van der Waals surface area contributed by atoms with Crippen LogP contribution < -0.4 is 11.0 Å². The van der Waals surface area contributed by atoms with Crippen LogP contribution in [0.15, 0.2) is 34.2 Å². The van der Waals surface area contributed by atoms with E-state index in [1.807, 2.05) is 0 Å². The Labute approximate surface area is 102 Å². The fourth-order valence-electron chi connectivity index (χ4n) is 1.17. The Hall–Kier alpha value is -2.70. The lowest BCUT2D eigenvalue weighted by Gasteiger charge is -1.98. The minimum Gasteiger partial charge on any atom is -0.508 e. The Morgan fingerprint density at radius 3 is 2.72 bits per heavy atom. The fraction of sp³-hybridized carbons (Fsp3) is 0.0909. The quantitative estimate of drug-likeness (QED) is 0.543. The number of aryl methyl sites for hydroxylation is 1. The van der Waals surface area contributed by atoms with E-state index in [1.54, 1.807) is 31.2 Å². The van der Waals surface area contributed by atoms with Crippen LogP contribution in [0.5, 0.6) is 5.75 Å². The number of nitrogens with one attached hydrogen (secondary N) is 2. The number of rotatable bonds is 3. The van der Waals surface area contributed by atoms with E-state index in [9.17, 15) is 4.79 Å². The third-order valence-corrected chi connectivity index (χ3v) is 2.14. The number of nitrogens with zero attached hydrogens (tertiary/aromatic N) is 3. The van der Waals surface area contributed by atoms with Crippen LogP contribution in [0.3, 0.4) is 0 Å². The second-order valence-corrected chi connectivity index (χ2v) is 3.55. The topological polar surface area (TPSA) is 103 Å². The van der Waals surface area contributed by atoms with E-state index in [2.05, 4.69) is 25.7 Å². The summed E-state index contributed by atoms with van der Waals surface area (Å²) in [4.78, 5) is 13.7. The number of aromatic nitrogens is 3. The molecule has 2 aromatic rings. The predicted molar refractivity (Wildman–Crippen MR) is 66.7 cm³/mol. The van der Waals surface area contributed by atoms with Crippen molar-refractivity contribution in [3.8, 4) is 5.75 Å². The number of H-pyrrole nitrogens is 1. The zero-order valence-electron chi connectivity index (χ0n) is 9.58. The molecule has 2 rings (SSSR count). The normalized spacial score (nSPS) is 10.7. The molecule has 18 heavy (non-hydrogen) atoms. The second-order valence-electron chi connectivity index (χ2n) is 3.55. The summed E-state index contributed by atoms with van der Waals surface area (Å²) >= 11 is 0. The first-order valence-corrected chi connectivity index (χ1v) is 5.17. The molecule has 7 nitrogen and oxygen atoms in total. The zero-order chi connectivity index (χ0) is 13.0. The minimum atomic E-state index is -0.313. The van der Waals surface area contributed by atoms with Gasteiger partial charge >= 0.3 is 0 Å². The maximum Gasteiger partial charge on any atom is 0.274 e. The first-order chi connectivity index (χ1) is 8.65. The van der Waals surface area contributed by atoms with Gasteiger partial charge in [0.05, 0.1) is 6.21 Å². The number of phenolic OH excluding ortho intramolecular Hbond substituents is 1. The molecular weight excluding hydrogens is 234 g/mol. The van der Waals surface area contributed by atoms with Gasteiger partial charge < -0.3 is 5.11 Å². The molecule has 1 aromatic heterocycles. The molecule has 7 heteroatoms. The third kappa shape index (κ3) is 2.91. The summed E-state index contributed by atoms with van der Waals surface area (Å²) in [6.45, 7) is 1.56. The van der Waals surface area contributed by atoms with Gasteiger partial charge in [0.1, 0.15) is 11.4 Å². The summed E-state index contributed by atoms with van der Waals surface area (Å²) in [6, 6.07) is 6.50. The molecule has 0 fully saturated rings. The van der Waals surface area contributed by atoms with E-state index in [4.69, 9.17) is 5.11 Å². The lowest BCUT2D eigenvalue weighted by Crippen LogP contribution is -2.15. The van der Waals surface area contributed by atoms with Crippen LogP contribution in [0, 0.1) is 6.92 Å². The summed E-state index contributed by atoms with van der Waals surface area (Å²) in [5.74, 6) is 0.356. The van der Waals surface area contributed by atoms with E-state index < -0.39 is 0 Å². The first-order valence-electron chi connectivity index (χ1n) is 5.17. The highest BCUT2D eigenvalue weighted by molar-refractivity contribution is 5.80. The molecule has 1 heterocycles. The smallest absolute Gasteiger partial charge is 0.274 e. The summed E-state index contributed by atoms with van der Waals surface area (Å²) < 4.78 is 0. The third-order valence-electron chi connectivity index (χ3n) is 2.14. The van der Waals surface area contributed by atoms with Crippen molar-refractivity contribution in [2.75, 3.05) is 5.43 Å². The Morgan fingerprint density at radius 2 is 2.06 bits per heavy atom. The summed E-state index contributed by atoms with van der Waals surface area (Å²) in [5.41, 5.74) is 3.33. The molecule has 0 amide bonds. The molecule has 3 N–H and O–H groups in total. The van der Waals surface area contributed by atoms with Crippen LogP contribution in [0.2, 0.25) is 0 Å². The molecule has 1 aromatic carbocycles. The van der Waals surface area contributed by atoms with Crippen molar-refractivity contribution < 1.29 is 5.11 Å². The van der Waals surface area contributed by atoms with Crippen molar-refractivity contribution in [2.24, 2.45) is 5.10 Å². The molecule has 0 atom stereocenters. The number of hydrogen-bond donors (Lipinski definition) is 3. The van der Waals surface area contributed by atoms with Crippen LogP contribution in [-0.4, -0.2) is 26.5 Å². The number of aromatic amines is 1. The standard InChI is InChI=1S/C11H11N5O2/c1-7-10(18)13-11(16-14-7)15-12-6-8-2-4-9(17)5-3-8/h2-6,17H,1H3,(H2,13,15,16,18). The highest BCUT2D eigenvalue weighted by Gasteiger charge is 1.97. The van der Waals surface area contributed by atoms with Crippen molar-refractivity contribution in [3.63, 3.8) is 0 Å². The monoisotopic (exact) mass is 245 g/mol. The van der Waals surface area contributed by atoms with Crippen LogP contribution >= 0.6 is 0 Å². The molecule has 0 aliphatic carbocycles. The molecule has 0 bridgehead atoms. The Kier molecular flexibility index (Phi) is 3.33. The van der Waals surface area contributed by atoms with Gasteiger partial charge in [-0.05, 0) is 36.8 Å². The molecular formula is C11H11N5O2. The van der Waals surface area contributed by atoms with Gasteiger partial charge in [-0.15, -0.1) is 10.2 Å². The minimum absolute atomic E-state index is 0.167. The van der Waals surface area contributed by atoms with Crippen LogP contribution in [-0.2, 0) is 0 Å². The highest BCUT2D eigenvalue weighted by atomic mass is 16.3. The number of aromatic hydroxyl groups is 1. The van der Waals surface area contributed by atoms with Crippen LogP contribution in [0.4, 0.5) is 5.95 Å². The van der Waals surface area contributed by atoms with Crippen molar-refractivity contribution in [1.29, 1.82) is 0 Å². The lowest BCUT2D eigenvalue weighted by atomic mass is 10.2. The highest BCUT2D eigenvalue weighted by Crippen LogP contribution is 2.07. The average Bonchev–Trinajstić information content (AvgIpc) is 2.36.